The number of aromatic hydroxyl groups is 1. The molecule has 0 aliphatic carbocycles. The average Bonchev–Trinajstić information content (AvgIpc) is 2.55. The highest BCUT2D eigenvalue weighted by Gasteiger charge is 2.18. The smallest absolute Gasteiger partial charge is 0.341 e. The minimum absolute atomic E-state index is 0.0424. The van der Waals surface area contributed by atoms with E-state index in [-0.39, 0.29) is 23.1 Å². The van der Waals surface area contributed by atoms with Crippen LogP contribution in [0.3, 0.4) is 0 Å². The Morgan fingerprint density at radius 1 is 1.22 bits per heavy atom. The van der Waals surface area contributed by atoms with Crippen molar-refractivity contribution in [3.63, 3.8) is 0 Å². The molecular formula is C18H27NO4. The zero-order valence-electron chi connectivity index (χ0n) is 14.2. The molecule has 0 saturated heterocycles. The summed E-state index contributed by atoms with van der Waals surface area (Å²) in [6.45, 7) is 6.28. The normalized spacial score (nSPS) is 11.8. The quantitative estimate of drug-likeness (QED) is 0.530. The first-order chi connectivity index (χ1) is 11.0. The van der Waals surface area contributed by atoms with Crippen LogP contribution in [0.2, 0.25) is 0 Å². The Labute approximate surface area is 138 Å². The SMILES string of the molecule is CCCC[C@@H](CC)C(=O)Nc1ccc(O)c(C(=O)OCCC)c1. The largest absolute Gasteiger partial charge is 0.507 e. The lowest BCUT2D eigenvalue weighted by Gasteiger charge is -2.15. The highest BCUT2D eigenvalue weighted by molar-refractivity contribution is 5.97. The second-order valence-corrected chi connectivity index (χ2v) is 5.60. The molecule has 1 atom stereocenters. The molecule has 5 heteroatoms. The fourth-order valence-electron chi connectivity index (χ4n) is 2.27. The fourth-order valence-corrected chi connectivity index (χ4v) is 2.27. The summed E-state index contributed by atoms with van der Waals surface area (Å²) < 4.78 is 5.03. The van der Waals surface area contributed by atoms with Gasteiger partial charge in [0.15, 0.2) is 0 Å². The van der Waals surface area contributed by atoms with Crippen molar-refractivity contribution >= 4 is 17.6 Å². The van der Waals surface area contributed by atoms with Gasteiger partial charge in [-0.15, -0.1) is 0 Å². The molecule has 23 heavy (non-hydrogen) atoms. The Balaban J connectivity index is 2.80. The van der Waals surface area contributed by atoms with Gasteiger partial charge in [0.25, 0.3) is 0 Å². The zero-order chi connectivity index (χ0) is 17.2. The Morgan fingerprint density at radius 2 is 1.96 bits per heavy atom. The number of ether oxygens (including phenoxy) is 1. The maximum atomic E-state index is 12.3. The van der Waals surface area contributed by atoms with Crippen molar-refractivity contribution < 1.29 is 19.4 Å². The topological polar surface area (TPSA) is 75.6 Å². The summed E-state index contributed by atoms with van der Waals surface area (Å²) in [7, 11) is 0. The lowest BCUT2D eigenvalue weighted by Crippen LogP contribution is -2.22. The van der Waals surface area contributed by atoms with Gasteiger partial charge in [-0.2, -0.15) is 0 Å². The molecule has 0 spiro atoms. The van der Waals surface area contributed by atoms with Crippen molar-refractivity contribution in [1.29, 1.82) is 0 Å². The summed E-state index contributed by atoms with van der Waals surface area (Å²) in [6, 6.07) is 4.43. The van der Waals surface area contributed by atoms with Crippen LogP contribution < -0.4 is 5.32 Å². The Bertz CT molecular complexity index is 528. The first kappa shape index (κ1) is 19.0. The van der Waals surface area contributed by atoms with Crippen LogP contribution in [0.1, 0.15) is 63.2 Å². The average molecular weight is 321 g/mol. The third-order valence-corrected chi connectivity index (χ3v) is 3.69. The van der Waals surface area contributed by atoms with E-state index in [0.29, 0.717) is 18.7 Å². The van der Waals surface area contributed by atoms with Crippen LogP contribution >= 0.6 is 0 Å². The van der Waals surface area contributed by atoms with Gasteiger partial charge in [0.1, 0.15) is 11.3 Å². The van der Waals surface area contributed by atoms with E-state index < -0.39 is 5.97 Å². The summed E-state index contributed by atoms with van der Waals surface area (Å²) in [5.74, 6) is -0.834. The number of rotatable bonds is 9. The monoisotopic (exact) mass is 321 g/mol. The molecule has 0 aromatic heterocycles. The van der Waals surface area contributed by atoms with E-state index >= 15 is 0 Å². The third kappa shape index (κ3) is 5.93. The lowest BCUT2D eigenvalue weighted by molar-refractivity contribution is -0.120. The van der Waals surface area contributed by atoms with Gasteiger partial charge in [-0.05, 0) is 37.5 Å². The van der Waals surface area contributed by atoms with E-state index in [4.69, 9.17) is 4.74 Å². The van der Waals surface area contributed by atoms with Crippen LogP contribution in [0.4, 0.5) is 5.69 Å². The highest BCUT2D eigenvalue weighted by Crippen LogP contribution is 2.24. The molecule has 0 heterocycles. The summed E-state index contributed by atoms with van der Waals surface area (Å²) in [5, 5.41) is 12.6. The van der Waals surface area contributed by atoms with E-state index in [2.05, 4.69) is 12.2 Å². The molecular weight excluding hydrogens is 294 g/mol. The van der Waals surface area contributed by atoms with Gasteiger partial charge < -0.3 is 15.2 Å². The fraction of sp³-hybridized carbons (Fsp3) is 0.556. The summed E-state index contributed by atoms with van der Waals surface area (Å²) in [6.07, 6.45) is 4.39. The molecule has 1 rings (SSSR count). The number of benzene rings is 1. The number of hydrogen-bond acceptors (Lipinski definition) is 4. The van der Waals surface area contributed by atoms with Gasteiger partial charge in [-0.1, -0.05) is 33.6 Å². The number of carbonyl (C=O) groups excluding carboxylic acids is 2. The Morgan fingerprint density at radius 3 is 2.57 bits per heavy atom. The van der Waals surface area contributed by atoms with Gasteiger partial charge in [-0.3, -0.25) is 4.79 Å². The van der Waals surface area contributed by atoms with Crippen LogP contribution in [0.25, 0.3) is 0 Å². The summed E-state index contributed by atoms with van der Waals surface area (Å²) in [4.78, 5) is 24.2. The van der Waals surface area contributed by atoms with E-state index in [1.54, 1.807) is 6.07 Å². The molecule has 2 N–H and O–H groups in total. The molecule has 1 amide bonds. The van der Waals surface area contributed by atoms with Gasteiger partial charge in [0.05, 0.1) is 6.61 Å². The number of esters is 1. The van der Waals surface area contributed by atoms with Gasteiger partial charge in [-0.25, -0.2) is 4.79 Å². The number of anilines is 1. The maximum absolute atomic E-state index is 12.3. The number of hydrogen-bond donors (Lipinski definition) is 2. The first-order valence-corrected chi connectivity index (χ1v) is 8.34. The van der Waals surface area contributed by atoms with E-state index in [1.807, 2.05) is 13.8 Å². The molecule has 5 nitrogen and oxygen atoms in total. The third-order valence-electron chi connectivity index (χ3n) is 3.69. The predicted octanol–water partition coefficient (Wildman–Crippen LogP) is 4.11. The predicted molar refractivity (Wildman–Crippen MR) is 90.6 cm³/mol. The highest BCUT2D eigenvalue weighted by atomic mass is 16.5. The summed E-state index contributed by atoms with van der Waals surface area (Å²) in [5.41, 5.74) is 0.559. The molecule has 0 bridgehead atoms. The van der Waals surface area contributed by atoms with Crippen molar-refractivity contribution in [3.8, 4) is 5.75 Å². The second-order valence-electron chi connectivity index (χ2n) is 5.60. The molecule has 0 aliphatic heterocycles. The number of phenols is 1. The molecule has 0 unspecified atom stereocenters. The molecule has 0 radical (unpaired) electrons. The zero-order valence-corrected chi connectivity index (χ0v) is 14.2. The number of nitrogens with one attached hydrogen (secondary N) is 1. The minimum atomic E-state index is -0.585. The number of unbranched alkanes of at least 4 members (excludes halogenated alkanes) is 1. The molecule has 0 aliphatic rings. The van der Waals surface area contributed by atoms with Crippen LogP contribution in [0.5, 0.6) is 5.75 Å². The first-order valence-electron chi connectivity index (χ1n) is 8.34. The molecule has 128 valence electrons. The van der Waals surface area contributed by atoms with Crippen molar-refractivity contribution in [2.75, 3.05) is 11.9 Å². The second kappa shape index (κ2) is 9.87. The van der Waals surface area contributed by atoms with Crippen LogP contribution in [-0.4, -0.2) is 23.6 Å². The molecule has 0 saturated carbocycles. The number of amides is 1. The molecule has 1 aromatic carbocycles. The number of phenolic OH excluding ortho intramolecular Hbond substituents is 1. The van der Waals surface area contributed by atoms with Crippen molar-refractivity contribution in [2.24, 2.45) is 5.92 Å². The Hall–Kier alpha value is -2.04. The van der Waals surface area contributed by atoms with E-state index in [9.17, 15) is 14.7 Å². The number of carbonyl (C=O) groups is 2. The van der Waals surface area contributed by atoms with E-state index in [0.717, 1.165) is 25.7 Å². The minimum Gasteiger partial charge on any atom is -0.507 e. The lowest BCUT2D eigenvalue weighted by atomic mass is 9.98. The van der Waals surface area contributed by atoms with E-state index in [1.165, 1.54) is 12.1 Å². The van der Waals surface area contributed by atoms with Crippen molar-refractivity contribution in [1.82, 2.24) is 0 Å². The standard InChI is InChI=1S/C18H27NO4/c1-4-7-8-13(6-3)17(21)19-14-9-10-16(20)15(12-14)18(22)23-11-5-2/h9-10,12-13,20H,4-8,11H2,1-3H3,(H,19,21)/t13-/m1/s1. The Kier molecular flexibility index (Phi) is 8.16. The maximum Gasteiger partial charge on any atom is 0.341 e. The van der Waals surface area contributed by atoms with Crippen LogP contribution in [-0.2, 0) is 9.53 Å². The van der Waals surface area contributed by atoms with Gasteiger partial charge in [0.2, 0.25) is 5.91 Å². The van der Waals surface area contributed by atoms with Crippen LogP contribution in [0.15, 0.2) is 18.2 Å². The molecule has 0 fully saturated rings. The van der Waals surface area contributed by atoms with Gasteiger partial charge in [0, 0.05) is 11.6 Å². The van der Waals surface area contributed by atoms with Crippen molar-refractivity contribution in [3.05, 3.63) is 23.8 Å². The summed E-state index contributed by atoms with van der Waals surface area (Å²) >= 11 is 0. The molecule has 1 aromatic rings. The van der Waals surface area contributed by atoms with Gasteiger partial charge >= 0.3 is 5.97 Å². The van der Waals surface area contributed by atoms with Crippen LogP contribution in [0, 0.1) is 5.92 Å². The van der Waals surface area contributed by atoms with Crippen molar-refractivity contribution in [2.45, 2.75) is 52.9 Å².